The Labute approximate surface area is 141 Å². The van der Waals surface area contributed by atoms with Crippen LogP contribution in [0.1, 0.15) is 24.1 Å². The molecule has 0 spiro atoms. The first-order valence-electron chi connectivity index (χ1n) is 6.63. The van der Waals surface area contributed by atoms with Gasteiger partial charge in [-0.05, 0) is 70.9 Å². The maximum atomic E-state index is 13.3. The van der Waals surface area contributed by atoms with Crippen LogP contribution in [0.4, 0.5) is 8.78 Å². The average molecular weight is 422 g/mol. The summed E-state index contributed by atoms with van der Waals surface area (Å²) in [5.74, 6) is -1.64. The fourth-order valence-electron chi connectivity index (χ4n) is 2.19. The van der Waals surface area contributed by atoms with Gasteiger partial charge in [0.05, 0.1) is 5.02 Å². The number of halogens is 4. The standard InChI is InChI=1S/C16H15ClF2IN/c1-2-21-16(11-4-6-15(20)12(17)9-11)8-10-3-5-13(18)14(19)7-10/h3-7,9,16,21H,2,8H2,1H3. The highest BCUT2D eigenvalue weighted by atomic mass is 127. The van der Waals surface area contributed by atoms with Crippen molar-refractivity contribution in [2.75, 3.05) is 6.54 Å². The Balaban J connectivity index is 2.25. The van der Waals surface area contributed by atoms with Gasteiger partial charge < -0.3 is 5.32 Å². The zero-order chi connectivity index (χ0) is 15.4. The van der Waals surface area contributed by atoms with E-state index < -0.39 is 11.6 Å². The highest BCUT2D eigenvalue weighted by Gasteiger charge is 2.14. The molecule has 0 heterocycles. The van der Waals surface area contributed by atoms with E-state index >= 15 is 0 Å². The van der Waals surface area contributed by atoms with Gasteiger partial charge in [0, 0.05) is 9.61 Å². The van der Waals surface area contributed by atoms with Crippen molar-refractivity contribution in [2.24, 2.45) is 0 Å². The van der Waals surface area contributed by atoms with E-state index in [1.807, 2.05) is 25.1 Å². The maximum Gasteiger partial charge on any atom is 0.159 e. The van der Waals surface area contributed by atoms with Crippen LogP contribution in [0, 0.1) is 15.2 Å². The molecule has 1 unspecified atom stereocenters. The zero-order valence-corrected chi connectivity index (χ0v) is 14.4. The topological polar surface area (TPSA) is 12.0 Å². The highest BCUT2D eigenvalue weighted by molar-refractivity contribution is 14.1. The molecule has 0 aliphatic rings. The second-order valence-electron chi connectivity index (χ2n) is 4.74. The number of hydrogen-bond donors (Lipinski definition) is 1. The minimum atomic E-state index is -0.823. The lowest BCUT2D eigenvalue weighted by molar-refractivity contribution is 0.502. The second-order valence-corrected chi connectivity index (χ2v) is 6.31. The predicted octanol–water partition coefficient (Wildman–Crippen LogP) is 5.12. The normalized spacial score (nSPS) is 12.4. The van der Waals surface area contributed by atoms with Crippen molar-refractivity contribution in [3.63, 3.8) is 0 Å². The van der Waals surface area contributed by atoms with Gasteiger partial charge in [0.15, 0.2) is 11.6 Å². The minimum absolute atomic E-state index is 0.00867. The van der Waals surface area contributed by atoms with Crippen LogP contribution in [0.25, 0.3) is 0 Å². The molecule has 1 atom stereocenters. The molecule has 0 aromatic heterocycles. The first-order chi connectivity index (χ1) is 10.0. The van der Waals surface area contributed by atoms with Crippen molar-refractivity contribution in [1.82, 2.24) is 5.32 Å². The molecule has 0 aliphatic carbocycles. The smallest absolute Gasteiger partial charge is 0.159 e. The molecule has 0 aliphatic heterocycles. The van der Waals surface area contributed by atoms with Crippen molar-refractivity contribution < 1.29 is 8.78 Å². The Morgan fingerprint density at radius 3 is 2.52 bits per heavy atom. The van der Waals surface area contributed by atoms with Crippen molar-refractivity contribution in [2.45, 2.75) is 19.4 Å². The first kappa shape index (κ1) is 16.6. The summed E-state index contributed by atoms with van der Waals surface area (Å²) >= 11 is 8.34. The largest absolute Gasteiger partial charge is 0.310 e. The van der Waals surface area contributed by atoms with Crippen molar-refractivity contribution in [1.29, 1.82) is 0 Å². The third-order valence-electron chi connectivity index (χ3n) is 3.22. The fourth-order valence-corrected chi connectivity index (χ4v) is 2.71. The molecule has 0 fully saturated rings. The fraction of sp³-hybridized carbons (Fsp3) is 0.250. The number of nitrogens with one attached hydrogen (secondary N) is 1. The van der Waals surface area contributed by atoms with Crippen LogP contribution in [0.15, 0.2) is 36.4 Å². The Morgan fingerprint density at radius 2 is 1.90 bits per heavy atom. The van der Waals surface area contributed by atoms with Crippen LogP contribution in [-0.2, 0) is 6.42 Å². The van der Waals surface area contributed by atoms with Crippen molar-refractivity contribution in [3.8, 4) is 0 Å². The molecule has 2 aromatic rings. The SMILES string of the molecule is CCNC(Cc1ccc(F)c(F)c1)c1ccc(I)c(Cl)c1. The first-order valence-corrected chi connectivity index (χ1v) is 8.09. The predicted molar refractivity (Wildman–Crippen MR) is 90.6 cm³/mol. The highest BCUT2D eigenvalue weighted by Crippen LogP contribution is 2.25. The van der Waals surface area contributed by atoms with Crippen LogP contribution < -0.4 is 5.32 Å². The quantitative estimate of drug-likeness (QED) is 0.661. The summed E-state index contributed by atoms with van der Waals surface area (Å²) in [7, 11) is 0. The van der Waals surface area contributed by atoms with Gasteiger partial charge in [0.2, 0.25) is 0 Å². The average Bonchev–Trinajstić information content (AvgIpc) is 2.45. The van der Waals surface area contributed by atoms with Gasteiger partial charge in [-0.3, -0.25) is 0 Å². The maximum absolute atomic E-state index is 13.3. The molecule has 0 saturated heterocycles. The van der Waals surface area contributed by atoms with Gasteiger partial charge >= 0.3 is 0 Å². The van der Waals surface area contributed by atoms with E-state index in [1.165, 1.54) is 6.07 Å². The molecule has 1 nitrogen and oxygen atoms in total. The molecule has 2 rings (SSSR count). The van der Waals surface area contributed by atoms with Crippen LogP contribution in [0.5, 0.6) is 0 Å². The second kappa shape index (κ2) is 7.51. The third-order valence-corrected chi connectivity index (χ3v) is 4.79. The van der Waals surface area contributed by atoms with Crippen molar-refractivity contribution >= 4 is 34.2 Å². The monoisotopic (exact) mass is 421 g/mol. The molecular weight excluding hydrogens is 407 g/mol. The molecule has 5 heteroatoms. The zero-order valence-electron chi connectivity index (χ0n) is 11.5. The molecule has 1 N–H and O–H groups in total. The van der Waals surface area contributed by atoms with E-state index in [1.54, 1.807) is 6.07 Å². The Morgan fingerprint density at radius 1 is 1.14 bits per heavy atom. The number of hydrogen-bond acceptors (Lipinski definition) is 1. The molecule has 0 radical (unpaired) electrons. The number of rotatable bonds is 5. The Kier molecular flexibility index (Phi) is 5.96. The van der Waals surface area contributed by atoms with E-state index in [2.05, 4.69) is 27.9 Å². The minimum Gasteiger partial charge on any atom is -0.310 e. The molecule has 0 saturated carbocycles. The van der Waals surface area contributed by atoms with Crippen molar-refractivity contribution in [3.05, 3.63) is 67.8 Å². The molecule has 2 aromatic carbocycles. The van der Waals surface area contributed by atoms with Crippen LogP contribution in [0.3, 0.4) is 0 Å². The Hall–Kier alpha value is -0.720. The third kappa shape index (κ3) is 4.37. The van der Waals surface area contributed by atoms with Crippen LogP contribution >= 0.6 is 34.2 Å². The summed E-state index contributed by atoms with van der Waals surface area (Å²) in [6, 6.07) is 9.89. The van der Waals surface area contributed by atoms with E-state index in [-0.39, 0.29) is 6.04 Å². The number of likely N-dealkylation sites (N-methyl/N-ethyl adjacent to an activating group) is 1. The summed E-state index contributed by atoms with van der Waals surface area (Å²) < 4.78 is 27.3. The van der Waals surface area contributed by atoms with Crippen LogP contribution in [0.2, 0.25) is 5.02 Å². The van der Waals surface area contributed by atoms with E-state index in [9.17, 15) is 8.78 Å². The van der Waals surface area contributed by atoms with E-state index in [0.29, 0.717) is 11.4 Å². The Bertz CT molecular complexity index is 634. The van der Waals surface area contributed by atoms with Gasteiger partial charge in [0.1, 0.15) is 0 Å². The van der Waals surface area contributed by atoms with Gasteiger partial charge in [0.25, 0.3) is 0 Å². The number of benzene rings is 2. The lowest BCUT2D eigenvalue weighted by Gasteiger charge is -2.19. The summed E-state index contributed by atoms with van der Waals surface area (Å²) in [6.45, 7) is 2.78. The van der Waals surface area contributed by atoms with E-state index in [4.69, 9.17) is 11.6 Å². The summed E-state index contributed by atoms with van der Waals surface area (Å²) in [5, 5.41) is 4.05. The van der Waals surface area contributed by atoms with E-state index in [0.717, 1.165) is 27.3 Å². The van der Waals surface area contributed by atoms with Gasteiger partial charge in [-0.2, -0.15) is 0 Å². The molecule has 0 bridgehead atoms. The molecule has 21 heavy (non-hydrogen) atoms. The summed E-state index contributed by atoms with van der Waals surface area (Å²) in [5.41, 5.74) is 1.78. The lowest BCUT2D eigenvalue weighted by atomic mass is 9.98. The molecule has 112 valence electrons. The lowest BCUT2D eigenvalue weighted by Crippen LogP contribution is -2.23. The van der Waals surface area contributed by atoms with Gasteiger partial charge in [-0.1, -0.05) is 30.7 Å². The van der Waals surface area contributed by atoms with Crippen LogP contribution in [-0.4, -0.2) is 6.54 Å². The molecular formula is C16H15ClF2IN. The molecule has 0 amide bonds. The summed E-state index contributed by atoms with van der Waals surface area (Å²) in [4.78, 5) is 0. The summed E-state index contributed by atoms with van der Waals surface area (Å²) in [6.07, 6.45) is 0.571. The van der Waals surface area contributed by atoms with Gasteiger partial charge in [-0.15, -0.1) is 0 Å². The van der Waals surface area contributed by atoms with Gasteiger partial charge in [-0.25, -0.2) is 8.78 Å².